The SMILES string of the molecule is CC1CCC(/C=C(/Cc2ccccc2)[N+](=O)[O-])O1. The van der Waals surface area contributed by atoms with Gasteiger partial charge in [-0.15, -0.1) is 0 Å². The third-order valence-electron chi connectivity index (χ3n) is 3.11. The summed E-state index contributed by atoms with van der Waals surface area (Å²) in [5.41, 5.74) is 1.17. The zero-order valence-electron chi connectivity index (χ0n) is 10.4. The van der Waals surface area contributed by atoms with Crippen molar-refractivity contribution in [2.24, 2.45) is 0 Å². The van der Waals surface area contributed by atoms with Crippen LogP contribution >= 0.6 is 0 Å². The van der Waals surface area contributed by atoms with Crippen molar-refractivity contribution in [2.45, 2.75) is 38.4 Å². The molecule has 1 aliphatic heterocycles. The molecule has 0 saturated carbocycles. The molecular weight excluding hydrogens is 230 g/mol. The fourth-order valence-corrected chi connectivity index (χ4v) is 2.16. The standard InChI is InChI=1S/C14H17NO3/c1-11-7-8-14(18-11)10-13(15(16)17)9-12-5-3-2-4-6-12/h2-6,10-11,14H,7-9H2,1H3/b13-10-. The van der Waals surface area contributed by atoms with Crippen molar-refractivity contribution in [1.29, 1.82) is 0 Å². The maximum atomic E-state index is 11.1. The van der Waals surface area contributed by atoms with E-state index in [9.17, 15) is 10.1 Å². The predicted octanol–water partition coefficient (Wildman–Crippen LogP) is 2.96. The van der Waals surface area contributed by atoms with Crippen molar-refractivity contribution in [2.75, 3.05) is 0 Å². The van der Waals surface area contributed by atoms with Gasteiger partial charge in [0.25, 0.3) is 0 Å². The Morgan fingerprint density at radius 2 is 2.17 bits per heavy atom. The number of nitro groups is 1. The van der Waals surface area contributed by atoms with Crippen molar-refractivity contribution in [3.8, 4) is 0 Å². The molecule has 2 atom stereocenters. The number of nitrogens with zero attached hydrogens (tertiary/aromatic N) is 1. The minimum absolute atomic E-state index is 0.107. The summed E-state index contributed by atoms with van der Waals surface area (Å²) in [5, 5.41) is 11.1. The molecule has 1 aromatic carbocycles. The van der Waals surface area contributed by atoms with Crippen LogP contribution in [0, 0.1) is 10.1 Å². The van der Waals surface area contributed by atoms with Crippen LogP contribution in [0.25, 0.3) is 0 Å². The van der Waals surface area contributed by atoms with E-state index in [0.29, 0.717) is 6.42 Å². The fraction of sp³-hybridized carbons (Fsp3) is 0.429. The van der Waals surface area contributed by atoms with E-state index < -0.39 is 0 Å². The summed E-state index contributed by atoms with van der Waals surface area (Å²) in [6.45, 7) is 2.00. The Morgan fingerprint density at radius 3 is 2.72 bits per heavy atom. The highest BCUT2D eigenvalue weighted by atomic mass is 16.6. The highest BCUT2D eigenvalue weighted by molar-refractivity contribution is 5.20. The first-order chi connectivity index (χ1) is 8.65. The quantitative estimate of drug-likeness (QED) is 0.607. The van der Waals surface area contributed by atoms with Gasteiger partial charge in [0.2, 0.25) is 5.70 Å². The van der Waals surface area contributed by atoms with E-state index in [1.54, 1.807) is 6.08 Å². The molecule has 0 radical (unpaired) electrons. The first kappa shape index (κ1) is 12.8. The molecule has 18 heavy (non-hydrogen) atoms. The van der Waals surface area contributed by atoms with Crippen LogP contribution in [0.15, 0.2) is 42.1 Å². The first-order valence-electron chi connectivity index (χ1n) is 6.19. The van der Waals surface area contributed by atoms with Crippen LogP contribution in [0.5, 0.6) is 0 Å². The molecule has 1 heterocycles. The molecule has 0 amide bonds. The highest BCUT2D eigenvalue weighted by Crippen LogP contribution is 2.22. The second kappa shape index (κ2) is 5.78. The van der Waals surface area contributed by atoms with Gasteiger partial charge in [0, 0.05) is 6.08 Å². The molecule has 96 valence electrons. The molecule has 4 heteroatoms. The van der Waals surface area contributed by atoms with Crippen LogP contribution in [0.3, 0.4) is 0 Å². The molecular formula is C14H17NO3. The Bertz CT molecular complexity index is 442. The minimum atomic E-state index is -0.306. The first-order valence-corrected chi connectivity index (χ1v) is 6.19. The fourth-order valence-electron chi connectivity index (χ4n) is 2.16. The van der Waals surface area contributed by atoms with Crippen molar-refractivity contribution in [3.63, 3.8) is 0 Å². The lowest BCUT2D eigenvalue weighted by molar-refractivity contribution is -0.427. The molecule has 0 bridgehead atoms. The Balaban J connectivity index is 2.09. The number of hydrogen-bond acceptors (Lipinski definition) is 3. The zero-order valence-corrected chi connectivity index (χ0v) is 10.4. The number of allylic oxidation sites excluding steroid dienone is 1. The Kier molecular flexibility index (Phi) is 4.10. The summed E-state index contributed by atoms with van der Waals surface area (Å²) in [4.78, 5) is 10.7. The van der Waals surface area contributed by atoms with Gasteiger partial charge in [0.15, 0.2) is 0 Å². The summed E-state index contributed by atoms with van der Waals surface area (Å²) in [7, 11) is 0. The van der Waals surface area contributed by atoms with Crippen molar-refractivity contribution < 1.29 is 9.66 Å². The van der Waals surface area contributed by atoms with Crippen LogP contribution in [-0.2, 0) is 11.2 Å². The molecule has 1 aromatic rings. The molecule has 4 nitrogen and oxygen atoms in total. The summed E-state index contributed by atoms with van der Waals surface area (Å²) >= 11 is 0. The summed E-state index contributed by atoms with van der Waals surface area (Å²) in [6.07, 6.45) is 3.95. The van der Waals surface area contributed by atoms with Gasteiger partial charge in [0.1, 0.15) is 0 Å². The van der Waals surface area contributed by atoms with Crippen molar-refractivity contribution in [1.82, 2.24) is 0 Å². The monoisotopic (exact) mass is 247 g/mol. The van der Waals surface area contributed by atoms with Gasteiger partial charge >= 0.3 is 0 Å². The van der Waals surface area contributed by atoms with E-state index in [1.807, 2.05) is 37.3 Å². The Labute approximate surface area is 106 Å². The van der Waals surface area contributed by atoms with Crippen LogP contribution in [0.4, 0.5) is 0 Å². The molecule has 2 unspecified atom stereocenters. The normalized spacial score (nSPS) is 24.2. The molecule has 0 spiro atoms. The number of ether oxygens (including phenoxy) is 1. The molecule has 0 aliphatic carbocycles. The van der Waals surface area contributed by atoms with Gasteiger partial charge in [-0.1, -0.05) is 30.3 Å². The van der Waals surface area contributed by atoms with E-state index in [-0.39, 0.29) is 22.8 Å². The molecule has 1 saturated heterocycles. The smallest absolute Gasteiger partial charge is 0.249 e. The third-order valence-corrected chi connectivity index (χ3v) is 3.11. The van der Waals surface area contributed by atoms with Crippen molar-refractivity contribution >= 4 is 0 Å². The van der Waals surface area contributed by atoms with Crippen LogP contribution < -0.4 is 0 Å². The average molecular weight is 247 g/mol. The average Bonchev–Trinajstić information content (AvgIpc) is 2.75. The van der Waals surface area contributed by atoms with Crippen LogP contribution in [0.1, 0.15) is 25.3 Å². The van der Waals surface area contributed by atoms with Crippen LogP contribution in [-0.4, -0.2) is 17.1 Å². The lowest BCUT2D eigenvalue weighted by atomic mass is 10.1. The third kappa shape index (κ3) is 3.40. The number of hydrogen-bond donors (Lipinski definition) is 0. The summed E-state index contributed by atoms with van der Waals surface area (Å²) < 4.78 is 5.60. The van der Waals surface area contributed by atoms with E-state index in [2.05, 4.69) is 0 Å². The Hall–Kier alpha value is -1.68. The van der Waals surface area contributed by atoms with E-state index in [1.165, 1.54) is 0 Å². The van der Waals surface area contributed by atoms with Gasteiger partial charge in [-0.3, -0.25) is 10.1 Å². The van der Waals surface area contributed by atoms with Crippen LogP contribution in [0.2, 0.25) is 0 Å². The minimum Gasteiger partial charge on any atom is -0.371 e. The van der Waals surface area contributed by atoms with Gasteiger partial charge in [-0.05, 0) is 25.3 Å². The van der Waals surface area contributed by atoms with Crippen molar-refractivity contribution in [3.05, 3.63) is 57.8 Å². The molecule has 0 N–H and O–H groups in total. The molecule has 1 aliphatic rings. The number of benzene rings is 1. The highest BCUT2D eigenvalue weighted by Gasteiger charge is 2.23. The lowest BCUT2D eigenvalue weighted by Gasteiger charge is -2.06. The second-order valence-corrected chi connectivity index (χ2v) is 4.64. The van der Waals surface area contributed by atoms with Gasteiger partial charge < -0.3 is 4.74 Å². The second-order valence-electron chi connectivity index (χ2n) is 4.64. The maximum absolute atomic E-state index is 11.1. The summed E-state index contributed by atoms with van der Waals surface area (Å²) in [6, 6.07) is 9.48. The Morgan fingerprint density at radius 1 is 1.44 bits per heavy atom. The van der Waals surface area contributed by atoms with E-state index in [4.69, 9.17) is 4.74 Å². The molecule has 1 fully saturated rings. The molecule has 2 rings (SSSR count). The van der Waals surface area contributed by atoms with Gasteiger partial charge in [0.05, 0.1) is 23.6 Å². The van der Waals surface area contributed by atoms with Gasteiger partial charge in [-0.25, -0.2) is 0 Å². The van der Waals surface area contributed by atoms with Gasteiger partial charge in [-0.2, -0.15) is 0 Å². The predicted molar refractivity (Wildman–Crippen MR) is 68.8 cm³/mol. The number of rotatable bonds is 4. The largest absolute Gasteiger partial charge is 0.371 e. The molecule has 0 aromatic heterocycles. The zero-order chi connectivity index (χ0) is 13.0. The van der Waals surface area contributed by atoms with E-state index >= 15 is 0 Å². The topological polar surface area (TPSA) is 52.4 Å². The lowest BCUT2D eigenvalue weighted by Crippen LogP contribution is -2.10. The maximum Gasteiger partial charge on any atom is 0.249 e. The summed E-state index contributed by atoms with van der Waals surface area (Å²) in [5.74, 6) is 0. The van der Waals surface area contributed by atoms with E-state index in [0.717, 1.165) is 18.4 Å².